The molecule has 0 aliphatic rings. The number of benzene rings is 1. The monoisotopic (exact) mass is 300 g/mol. The second-order valence-corrected chi connectivity index (χ2v) is 6.66. The van der Waals surface area contributed by atoms with Gasteiger partial charge in [0.15, 0.2) is 0 Å². The molecule has 0 bridgehead atoms. The molecule has 0 radical (unpaired) electrons. The number of carbonyl (C=O) groups excluding carboxylic acids is 1. The van der Waals surface area contributed by atoms with E-state index >= 15 is 0 Å². The zero-order valence-electron chi connectivity index (χ0n) is 10.9. The molecular weight excluding hydrogens is 284 g/mol. The average molecular weight is 300 g/mol. The highest BCUT2D eigenvalue weighted by Gasteiger charge is 2.16. The van der Waals surface area contributed by atoms with Gasteiger partial charge >= 0.3 is 5.97 Å². The summed E-state index contributed by atoms with van der Waals surface area (Å²) in [6, 6.07) is 4.62. The minimum Gasteiger partial charge on any atom is -0.478 e. The molecule has 4 N–H and O–H groups in total. The van der Waals surface area contributed by atoms with Crippen molar-refractivity contribution in [3.05, 3.63) is 29.8 Å². The maximum Gasteiger partial charge on any atom is 0.335 e. The molecule has 0 heterocycles. The summed E-state index contributed by atoms with van der Waals surface area (Å²) in [5.74, 6) is -1.75. The predicted molar refractivity (Wildman–Crippen MR) is 74.3 cm³/mol. The van der Waals surface area contributed by atoms with Crippen molar-refractivity contribution < 1.29 is 23.1 Å². The van der Waals surface area contributed by atoms with Crippen LogP contribution < -0.4 is 11.1 Å². The molecule has 8 heteroatoms. The van der Waals surface area contributed by atoms with Crippen molar-refractivity contribution in [3.63, 3.8) is 0 Å². The SMILES string of the molecule is CS(=O)(=O)CC[C@H](N)C(=O)Nc1ccc(C(=O)O)cc1. The molecule has 1 aromatic rings. The highest BCUT2D eigenvalue weighted by Crippen LogP contribution is 2.10. The van der Waals surface area contributed by atoms with Crippen LogP contribution in [0.15, 0.2) is 24.3 Å². The van der Waals surface area contributed by atoms with Crippen LogP contribution in [0.3, 0.4) is 0 Å². The summed E-state index contributed by atoms with van der Waals surface area (Å²) >= 11 is 0. The Kier molecular flexibility index (Phi) is 5.23. The number of hydrogen-bond donors (Lipinski definition) is 3. The maximum absolute atomic E-state index is 11.7. The van der Waals surface area contributed by atoms with Crippen molar-refractivity contribution in [2.75, 3.05) is 17.3 Å². The van der Waals surface area contributed by atoms with Crippen LogP contribution in [0.5, 0.6) is 0 Å². The summed E-state index contributed by atoms with van der Waals surface area (Å²) in [4.78, 5) is 22.4. The fourth-order valence-corrected chi connectivity index (χ4v) is 2.09. The van der Waals surface area contributed by atoms with Crippen LogP contribution >= 0.6 is 0 Å². The number of carboxylic acid groups (broad SMARTS) is 1. The number of sulfone groups is 1. The van der Waals surface area contributed by atoms with E-state index in [1.807, 2.05) is 0 Å². The van der Waals surface area contributed by atoms with Gasteiger partial charge in [-0.1, -0.05) is 0 Å². The van der Waals surface area contributed by atoms with Crippen LogP contribution in [0.1, 0.15) is 16.8 Å². The third-order valence-electron chi connectivity index (χ3n) is 2.54. The quantitative estimate of drug-likeness (QED) is 0.683. The lowest BCUT2D eigenvalue weighted by molar-refractivity contribution is -0.117. The van der Waals surface area contributed by atoms with Crippen molar-refractivity contribution >= 4 is 27.4 Å². The zero-order valence-corrected chi connectivity index (χ0v) is 11.7. The Bertz CT molecular complexity index is 595. The van der Waals surface area contributed by atoms with E-state index in [1.54, 1.807) is 0 Å². The Morgan fingerprint density at radius 3 is 2.30 bits per heavy atom. The van der Waals surface area contributed by atoms with Crippen molar-refractivity contribution in [2.24, 2.45) is 5.73 Å². The van der Waals surface area contributed by atoms with Crippen molar-refractivity contribution in [3.8, 4) is 0 Å². The molecule has 0 aromatic heterocycles. The number of nitrogens with two attached hydrogens (primary N) is 1. The number of carbonyl (C=O) groups is 2. The number of carboxylic acids is 1. The Hall–Kier alpha value is -1.93. The van der Waals surface area contributed by atoms with E-state index in [9.17, 15) is 18.0 Å². The van der Waals surface area contributed by atoms with Gasteiger partial charge in [0, 0.05) is 11.9 Å². The molecular formula is C12H16N2O5S. The fourth-order valence-electron chi connectivity index (χ4n) is 1.40. The van der Waals surface area contributed by atoms with Crippen LogP contribution in [0.2, 0.25) is 0 Å². The Balaban J connectivity index is 2.59. The summed E-state index contributed by atoms with van der Waals surface area (Å²) in [6.07, 6.45) is 1.10. The third kappa shape index (κ3) is 5.37. The van der Waals surface area contributed by atoms with Crippen LogP contribution in [0.4, 0.5) is 5.69 Å². The van der Waals surface area contributed by atoms with Gasteiger partial charge in [-0.15, -0.1) is 0 Å². The van der Waals surface area contributed by atoms with E-state index < -0.39 is 27.8 Å². The van der Waals surface area contributed by atoms with Crippen LogP contribution in [0.25, 0.3) is 0 Å². The maximum atomic E-state index is 11.7. The minimum absolute atomic E-state index is 0.0257. The van der Waals surface area contributed by atoms with Gasteiger partial charge in [-0.3, -0.25) is 4.79 Å². The van der Waals surface area contributed by atoms with E-state index in [-0.39, 0.29) is 17.7 Å². The van der Waals surface area contributed by atoms with Gasteiger partial charge in [-0.05, 0) is 30.7 Å². The lowest BCUT2D eigenvalue weighted by Gasteiger charge is -2.11. The highest BCUT2D eigenvalue weighted by molar-refractivity contribution is 7.90. The van der Waals surface area contributed by atoms with E-state index in [1.165, 1.54) is 24.3 Å². The largest absolute Gasteiger partial charge is 0.478 e. The second kappa shape index (κ2) is 6.49. The number of aromatic carboxylic acids is 1. The topological polar surface area (TPSA) is 127 Å². The molecule has 0 aliphatic heterocycles. The van der Waals surface area contributed by atoms with E-state index in [0.717, 1.165) is 6.26 Å². The molecule has 0 aliphatic carbocycles. The summed E-state index contributed by atoms with van der Waals surface area (Å²) < 4.78 is 22.0. The predicted octanol–water partition coefficient (Wildman–Crippen LogP) is 0.0853. The molecule has 0 saturated carbocycles. The molecule has 0 unspecified atom stereocenters. The Morgan fingerprint density at radius 1 is 1.30 bits per heavy atom. The first-order valence-corrected chi connectivity index (χ1v) is 7.82. The van der Waals surface area contributed by atoms with E-state index in [2.05, 4.69) is 5.32 Å². The second-order valence-electron chi connectivity index (χ2n) is 4.40. The number of anilines is 1. The molecule has 110 valence electrons. The standard InChI is InChI=1S/C12H16N2O5S/c1-20(18,19)7-6-10(13)11(15)14-9-4-2-8(3-5-9)12(16)17/h2-5,10H,6-7,13H2,1H3,(H,14,15)(H,16,17)/t10-/m0/s1. The van der Waals surface area contributed by atoms with Gasteiger partial charge in [0.05, 0.1) is 17.4 Å². The van der Waals surface area contributed by atoms with Gasteiger partial charge in [-0.25, -0.2) is 13.2 Å². The smallest absolute Gasteiger partial charge is 0.335 e. The van der Waals surface area contributed by atoms with Crippen LogP contribution in [-0.2, 0) is 14.6 Å². The fraction of sp³-hybridized carbons (Fsp3) is 0.333. The lowest BCUT2D eigenvalue weighted by atomic mass is 10.2. The average Bonchev–Trinajstić information content (AvgIpc) is 2.35. The highest BCUT2D eigenvalue weighted by atomic mass is 32.2. The number of rotatable bonds is 6. The molecule has 20 heavy (non-hydrogen) atoms. The number of hydrogen-bond acceptors (Lipinski definition) is 5. The van der Waals surface area contributed by atoms with Crippen LogP contribution in [-0.4, -0.2) is 43.5 Å². The van der Waals surface area contributed by atoms with Crippen molar-refractivity contribution in [2.45, 2.75) is 12.5 Å². The van der Waals surface area contributed by atoms with E-state index in [0.29, 0.717) is 5.69 Å². The van der Waals surface area contributed by atoms with Gasteiger partial charge in [-0.2, -0.15) is 0 Å². The van der Waals surface area contributed by atoms with Gasteiger partial charge < -0.3 is 16.2 Å². The first-order chi connectivity index (χ1) is 9.19. The van der Waals surface area contributed by atoms with Gasteiger partial charge in [0.25, 0.3) is 0 Å². The first kappa shape index (κ1) is 16.1. The molecule has 1 rings (SSSR count). The van der Waals surface area contributed by atoms with Crippen molar-refractivity contribution in [1.29, 1.82) is 0 Å². The van der Waals surface area contributed by atoms with E-state index in [4.69, 9.17) is 10.8 Å². The third-order valence-corrected chi connectivity index (χ3v) is 3.51. The molecule has 7 nitrogen and oxygen atoms in total. The molecule has 0 saturated heterocycles. The normalized spacial score (nSPS) is 12.7. The zero-order chi connectivity index (χ0) is 15.3. The molecule has 0 fully saturated rings. The summed E-state index contributed by atoms with van der Waals surface area (Å²) in [7, 11) is -3.17. The lowest BCUT2D eigenvalue weighted by Crippen LogP contribution is -2.37. The molecule has 1 aromatic carbocycles. The summed E-state index contributed by atoms with van der Waals surface area (Å²) in [5, 5.41) is 11.2. The number of nitrogens with one attached hydrogen (secondary N) is 1. The molecule has 1 atom stereocenters. The number of amides is 1. The Labute approximate surface area is 116 Å². The Morgan fingerprint density at radius 2 is 1.85 bits per heavy atom. The van der Waals surface area contributed by atoms with Crippen molar-refractivity contribution in [1.82, 2.24) is 0 Å². The summed E-state index contributed by atoms with van der Waals surface area (Å²) in [5.41, 5.74) is 6.08. The van der Waals surface area contributed by atoms with Crippen LogP contribution in [0, 0.1) is 0 Å². The van der Waals surface area contributed by atoms with Gasteiger partial charge in [0.2, 0.25) is 5.91 Å². The first-order valence-electron chi connectivity index (χ1n) is 5.76. The molecule has 1 amide bonds. The minimum atomic E-state index is -3.17. The molecule has 0 spiro atoms. The van der Waals surface area contributed by atoms with Gasteiger partial charge in [0.1, 0.15) is 9.84 Å². The summed E-state index contributed by atoms with van der Waals surface area (Å²) in [6.45, 7) is 0.